The number of nitrogens with zero attached hydrogens (tertiary/aromatic N) is 1. The van der Waals surface area contributed by atoms with E-state index < -0.39 is 5.60 Å². The zero-order valence-corrected chi connectivity index (χ0v) is 20.4. The fourth-order valence-corrected chi connectivity index (χ4v) is 4.19. The predicted molar refractivity (Wildman–Crippen MR) is 137 cm³/mol. The Labute approximate surface area is 203 Å². The van der Waals surface area contributed by atoms with Gasteiger partial charge in [0.2, 0.25) is 6.79 Å². The van der Waals surface area contributed by atoms with Crippen molar-refractivity contribution in [1.29, 1.82) is 0 Å². The summed E-state index contributed by atoms with van der Waals surface area (Å²) < 4.78 is 10.8. The minimum Gasteiger partial charge on any atom is -0.454 e. The van der Waals surface area contributed by atoms with Gasteiger partial charge in [0.25, 0.3) is 5.91 Å². The Morgan fingerprint density at radius 2 is 1.91 bits per heavy atom. The topological polar surface area (TPSA) is 59.0 Å². The molecule has 2 heterocycles. The van der Waals surface area contributed by atoms with Crippen molar-refractivity contribution >= 4 is 11.6 Å². The van der Waals surface area contributed by atoms with Gasteiger partial charge in [-0.25, -0.2) is 0 Å². The second-order valence-corrected chi connectivity index (χ2v) is 8.33. The average molecular weight is 462 g/mol. The Kier molecular flexibility index (Phi) is 8.72. The number of hydrogen-bond donors (Lipinski definition) is 1. The summed E-state index contributed by atoms with van der Waals surface area (Å²) in [5.41, 5.74) is 1.36. The van der Waals surface area contributed by atoms with Crippen molar-refractivity contribution in [2.24, 2.45) is 0 Å². The standard InChI is InChI=1S/C21H21NO4.C8H14/c1-2-3-4-7-12-22-17-9-6-5-8-16(17)21(24,20(22)23)15-10-11-18-19(13-15)26-14-25-18;1-4-6-8(3)7-5-2/h3-6,8-11,13,24H,2,7,12,14H2,1H3;4,6H,3,5,7H2,1-2H3/b4-3-;6-4-. The molecule has 1 N–H and O–H groups in total. The van der Waals surface area contributed by atoms with Crippen LogP contribution in [0.4, 0.5) is 5.69 Å². The molecule has 34 heavy (non-hydrogen) atoms. The predicted octanol–water partition coefficient (Wildman–Crippen LogP) is 6.27. The molecule has 5 heteroatoms. The molecule has 2 aromatic carbocycles. The van der Waals surface area contributed by atoms with E-state index in [0.29, 0.717) is 29.2 Å². The molecular formula is C29H35NO4. The quantitative estimate of drug-likeness (QED) is 0.372. The van der Waals surface area contributed by atoms with E-state index in [4.69, 9.17) is 9.47 Å². The molecule has 2 aliphatic rings. The maximum atomic E-state index is 13.2. The monoisotopic (exact) mass is 461 g/mol. The molecule has 0 fully saturated rings. The van der Waals surface area contributed by atoms with Gasteiger partial charge in [0, 0.05) is 17.7 Å². The molecule has 4 rings (SSSR count). The molecule has 1 amide bonds. The minimum atomic E-state index is -1.72. The second-order valence-electron chi connectivity index (χ2n) is 8.33. The van der Waals surface area contributed by atoms with Crippen molar-refractivity contribution in [3.05, 3.63) is 90.0 Å². The number of aliphatic hydroxyl groups is 1. The van der Waals surface area contributed by atoms with Crippen molar-refractivity contribution in [3.63, 3.8) is 0 Å². The molecule has 0 bridgehead atoms. The van der Waals surface area contributed by atoms with Crippen LogP contribution in [0.15, 0.2) is 78.9 Å². The van der Waals surface area contributed by atoms with E-state index in [-0.39, 0.29) is 12.7 Å². The van der Waals surface area contributed by atoms with Crippen LogP contribution in [0.3, 0.4) is 0 Å². The number of hydrogen-bond acceptors (Lipinski definition) is 4. The minimum absolute atomic E-state index is 0.150. The Bertz CT molecular complexity index is 1070. The van der Waals surface area contributed by atoms with Gasteiger partial charge in [-0.15, -0.1) is 0 Å². The van der Waals surface area contributed by atoms with Crippen molar-refractivity contribution in [3.8, 4) is 11.5 Å². The summed E-state index contributed by atoms with van der Waals surface area (Å²) in [6.07, 6.45) is 12.3. The third-order valence-electron chi connectivity index (χ3n) is 5.82. The fraction of sp³-hybridized carbons (Fsp3) is 0.345. The molecule has 5 nitrogen and oxygen atoms in total. The molecule has 0 saturated heterocycles. The number of para-hydroxylation sites is 1. The summed E-state index contributed by atoms with van der Waals surface area (Å²) in [4.78, 5) is 14.9. The van der Waals surface area contributed by atoms with E-state index in [1.165, 1.54) is 12.0 Å². The summed E-state index contributed by atoms with van der Waals surface area (Å²) in [6.45, 7) is 10.8. The largest absolute Gasteiger partial charge is 0.454 e. The Morgan fingerprint density at radius 3 is 2.65 bits per heavy atom. The van der Waals surface area contributed by atoms with Crippen LogP contribution in [-0.2, 0) is 10.4 Å². The number of carbonyl (C=O) groups excluding carboxylic acids is 1. The first-order valence-electron chi connectivity index (χ1n) is 12.0. The van der Waals surface area contributed by atoms with Crippen LogP contribution in [0.25, 0.3) is 0 Å². The molecule has 0 aromatic heterocycles. The van der Waals surface area contributed by atoms with Gasteiger partial charge in [-0.1, -0.05) is 81.0 Å². The van der Waals surface area contributed by atoms with Gasteiger partial charge in [-0.2, -0.15) is 0 Å². The number of anilines is 1. The van der Waals surface area contributed by atoms with Crippen LogP contribution in [-0.4, -0.2) is 24.4 Å². The summed E-state index contributed by atoms with van der Waals surface area (Å²) >= 11 is 0. The number of ether oxygens (including phenoxy) is 2. The molecule has 0 aliphatic carbocycles. The second kappa shape index (κ2) is 11.7. The zero-order valence-electron chi connectivity index (χ0n) is 20.4. The smallest absolute Gasteiger partial charge is 0.268 e. The number of benzene rings is 2. The summed E-state index contributed by atoms with van der Waals surface area (Å²) in [5.74, 6) is 0.839. The van der Waals surface area contributed by atoms with E-state index in [0.717, 1.165) is 24.9 Å². The van der Waals surface area contributed by atoms with Crippen LogP contribution in [0.5, 0.6) is 11.5 Å². The summed E-state index contributed by atoms with van der Waals surface area (Å²) in [5, 5.41) is 11.5. The molecule has 1 unspecified atom stereocenters. The highest BCUT2D eigenvalue weighted by molar-refractivity contribution is 6.09. The summed E-state index contributed by atoms with van der Waals surface area (Å²) in [6, 6.07) is 12.6. The molecule has 2 aromatic rings. The lowest BCUT2D eigenvalue weighted by molar-refractivity contribution is -0.132. The normalized spacial score (nSPS) is 18.4. The molecular weight excluding hydrogens is 426 g/mol. The maximum Gasteiger partial charge on any atom is 0.268 e. The molecule has 0 radical (unpaired) electrons. The summed E-state index contributed by atoms with van der Waals surface area (Å²) in [7, 11) is 0. The van der Waals surface area contributed by atoms with E-state index in [2.05, 4.69) is 38.7 Å². The molecule has 0 spiro atoms. The lowest BCUT2D eigenvalue weighted by atomic mass is 9.87. The van der Waals surface area contributed by atoms with E-state index in [1.54, 1.807) is 29.2 Å². The molecule has 1 atom stereocenters. The van der Waals surface area contributed by atoms with Crippen molar-refractivity contribution in [2.75, 3.05) is 18.2 Å². The first-order valence-corrected chi connectivity index (χ1v) is 12.0. The first-order chi connectivity index (χ1) is 16.5. The van der Waals surface area contributed by atoms with Gasteiger partial charge in [-0.3, -0.25) is 4.79 Å². The Morgan fingerprint density at radius 1 is 1.15 bits per heavy atom. The molecule has 2 aliphatic heterocycles. The molecule has 0 saturated carbocycles. The van der Waals surface area contributed by atoms with Crippen LogP contribution in [0.2, 0.25) is 0 Å². The van der Waals surface area contributed by atoms with Crippen molar-refractivity contribution in [1.82, 2.24) is 0 Å². The number of rotatable bonds is 8. The van der Waals surface area contributed by atoms with Crippen LogP contribution in [0.1, 0.15) is 57.6 Å². The van der Waals surface area contributed by atoms with Gasteiger partial charge >= 0.3 is 0 Å². The average Bonchev–Trinajstić information content (AvgIpc) is 3.39. The highest BCUT2D eigenvalue weighted by atomic mass is 16.7. The van der Waals surface area contributed by atoms with Crippen LogP contribution < -0.4 is 14.4 Å². The lowest BCUT2D eigenvalue weighted by Crippen LogP contribution is -2.41. The third kappa shape index (κ3) is 5.26. The van der Waals surface area contributed by atoms with Crippen LogP contribution in [0, 0.1) is 0 Å². The zero-order chi connectivity index (χ0) is 24.6. The van der Waals surface area contributed by atoms with E-state index in [1.807, 2.05) is 31.2 Å². The van der Waals surface area contributed by atoms with Gasteiger partial charge in [0.1, 0.15) is 0 Å². The first kappa shape index (κ1) is 25.3. The number of carbonyl (C=O) groups is 1. The highest BCUT2D eigenvalue weighted by Gasteiger charge is 2.51. The number of allylic oxidation sites excluding steroid dienone is 4. The Hall–Kier alpha value is -3.31. The SMILES string of the molecule is C=C(/C=C\C)CCC.CC/C=C\CCN1C(=O)C(O)(c2ccc3c(c2)OCO3)c2ccccc21. The molecule has 180 valence electrons. The lowest BCUT2D eigenvalue weighted by Gasteiger charge is -2.23. The van der Waals surface area contributed by atoms with E-state index in [9.17, 15) is 9.90 Å². The van der Waals surface area contributed by atoms with Gasteiger partial charge in [0.15, 0.2) is 17.1 Å². The van der Waals surface area contributed by atoms with Gasteiger partial charge < -0.3 is 19.5 Å². The number of fused-ring (bicyclic) bond motifs is 2. The third-order valence-corrected chi connectivity index (χ3v) is 5.82. The Balaban J connectivity index is 0.000000350. The van der Waals surface area contributed by atoms with E-state index >= 15 is 0 Å². The highest BCUT2D eigenvalue weighted by Crippen LogP contribution is 2.46. The number of amides is 1. The fourth-order valence-electron chi connectivity index (χ4n) is 4.19. The van der Waals surface area contributed by atoms with Crippen molar-refractivity contribution < 1.29 is 19.4 Å². The van der Waals surface area contributed by atoms with Gasteiger partial charge in [0.05, 0.1) is 5.69 Å². The van der Waals surface area contributed by atoms with Gasteiger partial charge in [-0.05, 0) is 44.4 Å². The maximum absolute atomic E-state index is 13.2. The van der Waals surface area contributed by atoms with Crippen LogP contribution >= 0.6 is 0 Å². The van der Waals surface area contributed by atoms with Crippen molar-refractivity contribution in [2.45, 2.75) is 52.1 Å².